The third kappa shape index (κ3) is 8.51. The van der Waals surface area contributed by atoms with Crippen LogP contribution in [0.15, 0.2) is 0 Å². The molecule has 24 heavy (non-hydrogen) atoms. The van der Waals surface area contributed by atoms with E-state index in [4.69, 9.17) is 4.74 Å². The van der Waals surface area contributed by atoms with Crippen molar-refractivity contribution < 1.29 is 9.53 Å². The van der Waals surface area contributed by atoms with E-state index in [0.717, 1.165) is 24.4 Å². The summed E-state index contributed by atoms with van der Waals surface area (Å²) in [7, 11) is 0. The number of carbonyl (C=O) groups excluding carboxylic acids is 1. The molecular weight excluding hydrogens is 300 g/mol. The fraction of sp³-hybridized carbons (Fsp3) is 0.800. The van der Waals surface area contributed by atoms with Crippen molar-refractivity contribution in [2.45, 2.75) is 97.8 Å². The van der Waals surface area contributed by atoms with E-state index in [-0.39, 0.29) is 5.97 Å². The lowest BCUT2D eigenvalue weighted by Gasteiger charge is -2.04. The number of imidazole rings is 1. The minimum Gasteiger partial charge on any atom is -0.461 e. The molecule has 0 aromatic carbocycles. The predicted molar refractivity (Wildman–Crippen MR) is 99.4 cm³/mol. The Balaban J connectivity index is 2.10. The number of aromatic amines is 1. The standard InChI is InChI=1S/C20H36N2O2/c1-4-6-7-8-9-10-11-12-13-14-15-16-18-19(20(23)24-5-2)22-17(3)21-18/h4-16H2,1-3H3,(H,21,22). The van der Waals surface area contributed by atoms with E-state index in [1.54, 1.807) is 0 Å². The van der Waals surface area contributed by atoms with Gasteiger partial charge in [0, 0.05) is 5.69 Å². The fourth-order valence-corrected chi connectivity index (χ4v) is 3.06. The molecule has 0 aliphatic rings. The zero-order valence-corrected chi connectivity index (χ0v) is 16.0. The lowest BCUT2D eigenvalue weighted by Crippen LogP contribution is -2.08. The van der Waals surface area contributed by atoms with Gasteiger partial charge in [0.05, 0.1) is 6.61 Å². The van der Waals surface area contributed by atoms with Crippen LogP contribution in [0.1, 0.15) is 106 Å². The van der Waals surface area contributed by atoms with Gasteiger partial charge in [-0.2, -0.15) is 0 Å². The molecule has 1 heterocycles. The van der Waals surface area contributed by atoms with Crippen molar-refractivity contribution in [3.8, 4) is 0 Å². The Morgan fingerprint density at radius 1 is 0.917 bits per heavy atom. The molecule has 138 valence electrons. The van der Waals surface area contributed by atoms with Crippen LogP contribution in [0, 0.1) is 6.92 Å². The Hall–Kier alpha value is -1.32. The second kappa shape index (κ2) is 13.0. The number of unbranched alkanes of at least 4 members (excludes halogenated alkanes) is 10. The van der Waals surface area contributed by atoms with Gasteiger partial charge in [0.25, 0.3) is 0 Å². The van der Waals surface area contributed by atoms with Gasteiger partial charge in [0.15, 0.2) is 5.69 Å². The van der Waals surface area contributed by atoms with Gasteiger partial charge in [-0.3, -0.25) is 0 Å². The zero-order chi connectivity index (χ0) is 17.6. The first-order valence-corrected chi connectivity index (χ1v) is 9.91. The minimum atomic E-state index is -0.306. The van der Waals surface area contributed by atoms with Gasteiger partial charge in [-0.1, -0.05) is 71.1 Å². The van der Waals surface area contributed by atoms with Crippen molar-refractivity contribution >= 4 is 5.97 Å². The molecule has 4 nitrogen and oxygen atoms in total. The van der Waals surface area contributed by atoms with Crippen LogP contribution in [0.5, 0.6) is 0 Å². The summed E-state index contributed by atoms with van der Waals surface area (Å²) in [6, 6.07) is 0. The number of H-pyrrole nitrogens is 1. The molecule has 1 N–H and O–H groups in total. The summed E-state index contributed by atoms with van der Waals surface area (Å²) < 4.78 is 5.07. The molecule has 1 aromatic heterocycles. The quantitative estimate of drug-likeness (QED) is 0.348. The topological polar surface area (TPSA) is 55.0 Å². The average Bonchev–Trinajstić information content (AvgIpc) is 2.94. The molecule has 0 unspecified atom stereocenters. The highest BCUT2D eigenvalue weighted by Crippen LogP contribution is 2.14. The Morgan fingerprint density at radius 3 is 2.00 bits per heavy atom. The maximum Gasteiger partial charge on any atom is 0.358 e. The summed E-state index contributed by atoms with van der Waals surface area (Å²) in [4.78, 5) is 19.4. The highest BCUT2D eigenvalue weighted by atomic mass is 16.5. The third-order valence-corrected chi connectivity index (χ3v) is 4.40. The first-order chi connectivity index (χ1) is 11.7. The molecular formula is C20H36N2O2. The second-order valence-corrected chi connectivity index (χ2v) is 6.66. The molecule has 4 heteroatoms. The van der Waals surface area contributed by atoms with Gasteiger partial charge in [-0.15, -0.1) is 0 Å². The SMILES string of the molecule is CCCCCCCCCCCCCc1[nH]c(C)nc1C(=O)OCC. The smallest absolute Gasteiger partial charge is 0.358 e. The van der Waals surface area contributed by atoms with Crippen molar-refractivity contribution in [3.05, 3.63) is 17.2 Å². The second-order valence-electron chi connectivity index (χ2n) is 6.66. The van der Waals surface area contributed by atoms with Crippen LogP contribution in [0.4, 0.5) is 0 Å². The maximum absolute atomic E-state index is 11.9. The van der Waals surface area contributed by atoms with Crippen molar-refractivity contribution in [1.82, 2.24) is 9.97 Å². The highest BCUT2D eigenvalue weighted by Gasteiger charge is 2.16. The van der Waals surface area contributed by atoms with E-state index in [0.29, 0.717) is 12.3 Å². The van der Waals surface area contributed by atoms with E-state index < -0.39 is 0 Å². The Bertz CT molecular complexity index is 454. The Morgan fingerprint density at radius 2 is 1.46 bits per heavy atom. The van der Waals surface area contributed by atoms with Gasteiger partial charge in [-0.05, 0) is 26.7 Å². The van der Waals surface area contributed by atoms with Gasteiger partial charge in [0.2, 0.25) is 0 Å². The number of rotatable bonds is 14. The number of nitrogens with one attached hydrogen (secondary N) is 1. The summed E-state index contributed by atoms with van der Waals surface area (Å²) in [5, 5.41) is 0. The van der Waals surface area contributed by atoms with E-state index in [2.05, 4.69) is 16.9 Å². The van der Waals surface area contributed by atoms with E-state index in [9.17, 15) is 4.79 Å². The molecule has 1 aromatic rings. The van der Waals surface area contributed by atoms with E-state index in [1.165, 1.54) is 64.2 Å². The van der Waals surface area contributed by atoms with Crippen molar-refractivity contribution in [1.29, 1.82) is 0 Å². The summed E-state index contributed by atoms with van der Waals surface area (Å²) in [5.74, 6) is 0.482. The van der Waals surface area contributed by atoms with Crippen molar-refractivity contribution in [3.63, 3.8) is 0 Å². The normalized spacial score (nSPS) is 11.0. The van der Waals surface area contributed by atoms with Gasteiger partial charge in [-0.25, -0.2) is 9.78 Å². The Labute approximate surface area is 147 Å². The fourth-order valence-electron chi connectivity index (χ4n) is 3.06. The van der Waals surface area contributed by atoms with Gasteiger partial charge in [0.1, 0.15) is 5.82 Å². The number of aromatic nitrogens is 2. The largest absolute Gasteiger partial charge is 0.461 e. The summed E-state index contributed by atoms with van der Waals surface area (Å²) in [6.07, 6.45) is 15.5. The van der Waals surface area contributed by atoms with Crippen LogP contribution in [-0.2, 0) is 11.2 Å². The van der Waals surface area contributed by atoms with Crippen LogP contribution >= 0.6 is 0 Å². The first kappa shape index (κ1) is 20.7. The molecule has 1 rings (SSSR count). The third-order valence-electron chi connectivity index (χ3n) is 4.40. The minimum absolute atomic E-state index is 0.306. The van der Waals surface area contributed by atoms with Crippen LogP contribution in [0.25, 0.3) is 0 Å². The molecule has 0 spiro atoms. The summed E-state index contributed by atoms with van der Waals surface area (Å²) in [5.41, 5.74) is 1.41. The lowest BCUT2D eigenvalue weighted by molar-refractivity contribution is 0.0518. The van der Waals surface area contributed by atoms with E-state index >= 15 is 0 Å². The monoisotopic (exact) mass is 336 g/mol. The number of carbonyl (C=O) groups is 1. The van der Waals surface area contributed by atoms with Gasteiger partial charge >= 0.3 is 5.97 Å². The van der Waals surface area contributed by atoms with Gasteiger partial charge < -0.3 is 9.72 Å². The van der Waals surface area contributed by atoms with Crippen LogP contribution < -0.4 is 0 Å². The zero-order valence-electron chi connectivity index (χ0n) is 16.0. The van der Waals surface area contributed by atoms with Crippen molar-refractivity contribution in [2.75, 3.05) is 6.61 Å². The predicted octanol–water partition coefficient (Wildman–Crippen LogP) is 5.75. The number of hydrogen-bond acceptors (Lipinski definition) is 3. The summed E-state index contributed by atoms with van der Waals surface area (Å²) in [6.45, 7) is 6.36. The van der Waals surface area contributed by atoms with Crippen LogP contribution in [0.2, 0.25) is 0 Å². The molecule has 0 atom stereocenters. The summed E-state index contributed by atoms with van der Waals surface area (Å²) >= 11 is 0. The number of nitrogens with zero attached hydrogens (tertiary/aromatic N) is 1. The molecule has 0 bridgehead atoms. The Kier molecular flexibility index (Phi) is 11.2. The molecule has 0 aliphatic heterocycles. The number of ether oxygens (including phenoxy) is 1. The van der Waals surface area contributed by atoms with Crippen LogP contribution in [-0.4, -0.2) is 22.5 Å². The maximum atomic E-state index is 11.9. The average molecular weight is 337 g/mol. The van der Waals surface area contributed by atoms with E-state index in [1.807, 2.05) is 13.8 Å². The molecule has 0 saturated heterocycles. The van der Waals surface area contributed by atoms with Crippen LogP contribution in [0.3, 0.4) is 0 Å². The van der Waals surface area contributed by atoms with Crippen molar-refractivity contribution in [2.24, 2.45) is 0 Å². The molecule has 0 saturated carbocycles. The number of aryl methyl sites for hydroxylation is 2. The lowest BCUT2D eigenvalue weighted by atomic mass is 10.0. The molecule has 0 aliphatic carbocycles. The molecule has 0 fully saturated rings. The molecule has 0 amide bonds. The number of esters is 1. The highest BCUT2D eigenvalue weighted by molar-refractivity contribution is 5.88. The first-order valence-electron chi connectivity index (χ1n) is 9.91. The molecule has 0 radical (unpaired) electrons. The number of hydrogen-bond donors (Lipinski definition) is 1.